The van der Waals surface area contributed by atoms with Crippen LogP contribution < -0.4 is 10.6 Å². The van der Waals surface area contributed by atoms with Crippen molar-refractivity contribution < 1.29 is 18.7 Å². The fraction of sp³-hybridized carbons (Fsp3) is 0.556. The molecule has 150 valence electrons. The fourth-order valence-corrected chi connectivity index (χ4v) is 3.47. The molecule has 2 amide bonds. The average Bonchev–Trinajstić information content (AvgIpc) is 2.63. The first kappa shape index (κ1) is 21.7. The SMILES string of the molecule is CCOC(=O)N1CCC(NC(=O)CN[C@H](C)c2cc(F)c(Cl)cc2Cl)CC1. The number of ether oxygens (including phenoxy) is 1. The molecule has 0 aliphatic carbocycles. The highest BCUT2D eigenvalue weighted by Crippen LogP contribution is 2.28. The van der Waals surface area contributed by atoms with Gasteiger partial charge >= 0.3 is 6.09 Å². The molecule has 1 aromatic carbocycles. The van der Waals surface area contributed by atoms with Crippen LogP contribution in [0.3, 0.4) is 0 Å². The molecule has 1 heterocycles. The van der Waals surface area contributed by atoms with E-state index in [-0.39, 0.29) is 35.7 Å². The van der Waals surface area contributed by atoms with Gasteiger partial charge in [0.1, 0.15) is 5.82 Å². The standard InChI is InChI=1S/C18H24Cl2FN3O3/c1-3-27-18(26)24-6-4-12(5-7-24)23-17(25)10-22-11(2)13-8-16(21)15(20)9-14(13)19/h8-9,11-12,22H,3-7,10H2,1-2H3,(H,23,25)/t11-/m1/s1. The second-order valence-electron chi connectivity index (χ2n) is 6.42. The van der Waals surface area contributed by atoms with Gasteiger partial charge in [-0.15, -0.1) is 0 Å². The van der Waals surface area contributed by atoms with Crippen molar-refractivity contribution in [1.29, 1.82) is 0 Å². The number of hydrogen-bond donors (Lipinski definition) is 2. The smallest absolute Gasteiger partial charge is 0.409 e. The van der Waals surface area contributed by atoms with E-state index >= 15 is 0 Å². The van der Waals surface area contributed by atoms with Crippen LogP contribution in [0.5, 0.6) is 0 Å². The third kappa shape index (κ3) is 6.23. The van der Waals surface area contributed by atoms with Crippen LogP contribution in [0.4, 0.5) is 9.18 Å². The number of piperidine rings is 1. The molecule has 0 spiro atoms. The lowest BCUT2D eigenvalue weighted by atomic mass is 10.1. The zero-order chi connectivity index (χ0) is 20.0. The second kappa shape index (κ2) is 10.1. The van der Waals surface area contributed by atoms with Crippen molar-refractivity contribution in [2.75, 3.05) is 26.2 Å². The lowest BCUT2D eigenvalue weighted by Gasteiger charge is -2.31. The molecule has 1 aliphatic rings. The summed E-state index contributed by atoms with van der Waals surface area (Å²) in [5, 5.41) is 6.27. The van der Waals surface area contributed by atoms with E-state index in [1.165, 1.54) is 12.1 Å². The molecule has 0 bridgehead atoms. The van der Waals surface area contributed by atoms with Gasteiger partial charge in [-0.2, -0.15) is 0 Å². The van der Waals surface area contributed by atoms with Gasteiger partial charge in [-0.05, 0) is 44.4 Å². The molecule has 0 aromatic heterocycles. The number of carbonyl (C=O) groups excluding carboxylic acids is 2. The molecule has 9 heteroatoms. The first-order chi connectivity index (χ1) is 12.8. The molecule has 6 nitrogen and oxygen atoms in total. The summed E-state index contributed by atoms with van der Waals surface area (Å²) in [5.41, 5.74) is 0.536. The first-order valence-corrected chi connectivity index (χ1v) is 9.66. The highest BCUT2D eigenvalue weighted by Gasteiger charge is 2.24. The van der Waals surface area contributed by atoms with Gasteiger partial charge in [0.05, 0.1) is 18.2 Å². The van der Waals surface area contributed by atoms with Gasteiger partial charge in [0.25, 0.3) is 0 Å². The van der Waals surface area contributed by atoms with Crippen LogP contribution in [0.1, 0.15) is 38.3 Å². The van der Waals surface area contributed by atoms with E-state index in [0.29, 0.717) is 43.1 Å². The van der Waals surface area contributed by atoms with E-state index in [9.17, 15) is 14.0 Å². The van der Waals surface area contributed by atoms with Gasteiger partial charge in [0.15, 0.2) is 0 Å². The van der Waals surface area contributed by atoms with Gasteiger partial charge in [-0.1, -0.05) is 23.2 Å². The molecule has 1 fully saturated rings. The summed E-state index contributed by atoms with van der Waals surface area (Å²) < 4.78 is 18.6. The Kier molecular flexibility index (Phi) is 8.13. The van der Waals surface area contributed by atoms with Crippen molar-refractivity contribution in [2.24, 2.45) is 0 Å². The largest absolute Gasteiger partial charge is 0.450 e. The van der Waals surface area contributed by atoms with E-state index in [2.05, 4.69) is 10.6 Å². The summed E-state index contributed by atoms with van der Waals surface area (Å²) in [7, 11) is 0. The Morgan fingerprint density at radius 3 is 2.59 bits per heavy atom. The van der Waals surface area contributed by atoms with Crippen LogP contribution in [-0.2, 0) is 9.53 Å². The Hall–Kier alpha value is -1.57. The number of nitrogens with zero attached hydrogens (tertiary/aromatic N) is 1. The minimum absolute atomic E-state index is 0.0110. The zero-order valence-electron chi connectivity index (χ0n) is 15.4. The minimum Gasteiger partial charge on any atom is -0.450 e. The van der Waals surface area contributed by atoms with E-state index in [4.69, 9.17) is 27.9 Å². The maximum absolute atomic E-state index is 13.6. The Bertz CT molecular complexity index is 682. The maximum Gasteiger partial charge on any atom is 0.409 e. The van der Waals surface area contributed by atoms with Crippen LogP contribution in [0, 0.1) is 5.82 Å². The number of halogens is 3. The Labute approximate surface area is 168 Å². The van der Waals surface area contributed by atoms with Crippen molar-refractivity contribution in [3.05, 3.63) is 33.6 Å². The third-order valence-electron chi connectivity index (χ3n) is 4.46. The van der Waals surface area contributed by atoms with Crippen LogP contribution in [-0.4, -0.2) is 49.2 Å². The molecule has 1 saturated heterocycles. The molecule has 27 heavy (non-hydrogen) atoms. The predicted molar refractivity (Wildman–Crippen MR) is 103 cm³/mol. The molecule has 0 radical (unpaired) electrons. The highest BCUT2D eigenvalue weighted by atomic mass is 35.5. The summed E-state index contributed by atoms with van der Waals surface area (Å²) in [6.07, 6.45) is 1.03. The van der Waals surface area contributed by atoms with Gasteiger partial charge < -0.3 is 20.3 Å². The summed E-state index contributed by atoms with van der Waals surface area (Å²) in [4.78, 5) is 25.5. The predicted octanol–water partition coefficient (Wildman–Crippen LogP) is 3.52. The van der Waals surface area contributed by atoms with E-state index < -0.39 is 5.82 Å². The molecule has 2 rings (SSSR count). The van der Waals surface area contributed by atoms with Gasteiger partial charge in [0.2, 0.25) is 5.91 Å². The van der Waals surface area contributed by atoms with Crippen LogP contribution in [0.2, 0.25) is 10.0 Å². The lowest BCUT2D eigenvalue weighted by molar-refractivity contribution is -0.121. The summed E-state index contributed by atoms with van der Waals surface area (Å²) in [6.45, 7) is 5.07. The number of hydrogen-bond acceptors (Lipinski definition) is 4. The Balaban J connectivity index is 1.77. The summed E-state index contributed by atoms with van der Waals surface area (Å²) in [6, 6.07) is 2.31. The molecule has 1 atom stereocenters. The van der Waals surface area contributed by atoms with Crippen molar-refractivity contribution in [3.63, 3.8) is 0 Å². The van der Waals surface area contributed by atoms with Crippen molar-refractivity contribution in [3.8, 4) is 0 Å². The summed E-state index contributed by atoms with van der Waals surface area (Å²) in [5.74, 6) is -0.718. The second-order valence-corrected chi connectivity index (χ2v) is 7.23. The van der Waals surface area contributed by atoms with Crippen LogP contribution in [0.25, 0.3) is 0 Å². The number of rotatable bonds is 6. The van der Waals surface area contributed by atoms with Crippen LogP contribution in [0.15, 0.2) is 12.1 Å². The number of carbonyl (C=O) groups is 2. The maximum atomic E-state index is 13.6. The molecule has 0 unspecified atom stereocenters. The Morgan fingerprint density at radius 1 is 1.30 bits per heavy atom. The monoisotopic (exact) mass is 419 g/mol. The van der Waals surface area contributed by atoms with Crippen molar-refractivity contribution in [1.82, 2.24) is 15.5 Å². The molecular weight excluding hydrogens is 396 g/mol. The lowest BCUT2D eigenvalue weighted by Crippen LogP contribution is -2.48. The van der Waals surface area contributed by atoms with E-state index in [1.54, 1.807) is 18.7 Å². The molecule has 1 aromatic rings. The number of nitrogens with one attached hydrogen (secondary N) is 2. The fourth-order valence-electron chi connectivity index (χ4n) is 2.93. The normalized spacial score (nSPS) is 16.1. The van der Waals surface area contributed by atoms with Gasteiger partial charge in [-0.25, -0.2) is 9.18 Å². The molecular formula is C18H24Cl2FN3O3. The molecule has 0 saturated carbocycles. The van der Waals surface area contributed by atoms with Crippen LogP contribution >= 0.6 is 23.2 Å². The average molecular weight is 420 g/mol. The number of likely N-dealkylation sites (tertiary alicyclic amines) is 1. The van der Waals surface area contributed by atoms with E-state index in [0.717, 1.165) is 0 Å². The van der Waals surface area contributed by atoms with E-state index in [1.807, 2.05) is 0 Å². The molecule has 1 aliphatic heterocycles. The Morgan fingerprint density at radius 2 is 1.96 bits per heavy atom. The minimum atomic E-state index is -0.553. The first-order valence-electron chi connectivity index (χ1n) is 8.90. The van der Waals surface area contributed by atoms with Crippen molar-refractivity contribution >= 4 is 35.2 Å². The topological polar surface area (TPSA) is 70.7 Å². The quantitative estimate of drug-likeness (QED) is 0.691. The van der Waals surface area contributed by atoms with Gasteiger partial charge in [0, 0.05) is 30.2 Å². The van der Waals surface area contributed by atoms with Gasteiger partial charge in [-0.3, -0.25) is 4.79 Å². The zero-order valence-corrected chi connectivity index (χ0v) is 16.9. The third-order valence-corrected chi connectivity index (χ3v) is 5.08. The van der Waals surface area contributed by atoms with Crippen molar-refractivity contribution in [2.45, 2.75) is 38.8 Å². The highest BCUT2D eigenvalue weighted by molar-refractivity contribution is 6.35. The number of benzene rings is 1. The number of amides is 2. The summed E-state index contributed by atoms with van der Waals surface area (Å²) >= 11 is 11.8. The molecule has 2 N–H and O–H groups in total.